The highest BCUT2D eigenvalue weighted by Crippen LogP contribution is 1.97. The molecule has 1 heterocycles. The second kappa shape index (κ2) is 7.66. The smallest absolute Gasteiger partial charge is 0.239 e. The van der Waals surface area contributed by atoms with Gasteiger partial charge in [-0.15, -0.1) is 0 Å². The second-order valence-electron chi connectivity index (χ2n) is 5.93. The normalized spacial score (nSPS) is 12.1. The number of hydrogen-bond acceptors (Lipinski definition) is 3. The van der Waals surface area contributed by atoms with Crippen LogP contribution in [0, 0.1) is 6.92 Å². The first-order valence-corrected chi connectivity index (χ1v) is 7.05. The van der Waals surface area contributed by atoms with Crippen LogP contribution in [0.4, 0.5) is 0 Å². The maximum Gasteiger partial charge on any atom is 0.239 e. The molecule has 0 fully saturated rings. The molecule has 0 saturated heterocycles. The molecule has 0 spiro atoms. The number of nitrogens with one attached hydrogen (secondary N) is 3. The van der Waals surface area contributed by atoms with Gasteiger partial charge < -0.3 is 16.0 Å². The van der Waals surface area contributed by atoms with Gasteiger partial charge >= 0.3 is 0 Å². The van der Waals surface area contributed by atoms with Crippen molar-refractivity contribution in [3.05, 3.63) is 18.0 Å². The summed E-state index contributed by atoms with van der Waals surface area (Å²) in [6.07, 6.45) is 3.80. The Kier molecular flexibility index (Phi) is 6.20. The van der Waals surface area contributed by atoms with E-state index in [0.717, 1.165) is 12.1 Å². The molecule has 21 heavy (non-hydrogen) atoms. The summed E-state index contributed by atoms with van der Waals surface area (Å²) >= 11 is 0. The standard InChI is InChI=1S/C14H26N6O/c1-11-8-18-20(10-11)7-6-16-13(15-5)17-9-12(21)19-14(2,3)4/h8,10H,6-7,9H2,1-5H3,(H,19,21)(H2,15,16,17). The SMILES string of the molecule is CN=C(NCCn1cc(C)cn1)NCC(=O)NC(C)(C)C. The van der Waals surface area contributed by atoms with Crippen LogP contribution in [-0.2, 0) is 11.3 Å². The van der Waals surface area contributed by atoms with Crippen LogP contribution in [0.3, 0.4) is 0 Å². The summed E-state index contributed by atoms with van der Waals surface area (Å²) in [7, 11) is 1.68. The van der Waals surface area contributed by atoms with Crippen molar-refractivity contribution in [1.82, 2.24) is 25.7 Å². The third-order valence-corrected chi connectivity index (χ3v) is 2.55. The predicted octanol–water partition coefficient (Wildman–Crippen LogP) is 0.271. The van der Waals surface area contributed by atoms with E-state index in [9.17, 15) is 4.79 Å². The topological polar surface area (TPSA) is 83.3 Å². The van der Waals surface area contributed by atoms with Crippen LogP contribution in [0.5, 0.6) is 0 Å². The van der Waals surface area contributed by atoms with E-state index in [-0.39, 0.29) is 18.0 Å². The van der Waals surface area contributed by atoms with Gasteiger partial charge in [-0.1, -0.05) is 0 Å². The van der Waals surface area contributed by atoms with Gasteiger partial charge in [-0.05, 0) is 33.3 Å². The molecule has 1 aromatic heterocycles. The monoisotopic (exact) mass is 294 g/mol. The number of carbonyl (C=O) groups is 1. The van der Waals surface area contributed by atoms with Crippen LogP contribution < -0.4 is 16.0 Å². The Morgan fingerprint density at radius 2 is 2.10 bits per heavy atom. The van der Waals surface area contributed by atoms with Gasteiger partial charge in [-0.25, -0.2) is 0 Å². The summed E-state index contributed by atoms with van der Waals surface area (Å²) in [5.41, 5.74) is 0.907. The molecule has 1 amide bonds. The molecule has 0 aliphatic carbocycles. The zero-order valence-corrected chi connectivity index (χ0v) is 13.5. The molecule has 0 aromatic carbocycles. The lowest BCUT2D eigenvalue weighted by molar-refractivity contribution is -0.121. The van der Waals surface area contributed by atoms with Crippen molar-refractivity contribution in [3.63, 3.8) is 0 Å². The Morgan fingerprint density at radius 3 is 2.62 bits per heavy atom. The van der Waals surface area contributed by atoms with E-state index >= 15 is 0 Å². The molecule has 7 nitrogen and oxygen atoms in total. The lowest BCUT2D eigenvalue weighted by atomic mass is 10.1. The van der Waals surface area contributed by atoms with Crippen molar-refractivity contribution in [2.24, 2.45) is 4.99 Å². The van der Waals surface area contributed by atoms with Crippen molar-refractivity contribution in [2.75, 3.05) is 20.1 Å². The van der Waals surface area contributed by atoms with E-state index in [4.69, 9.17) is 0 Å². The largest absolute Gasteiger partial charge is 0.355 e. The Labute approximate surface area is 126 Å². The van der Waals surface area contributed by atoms with Gasteiger partial charge in [0, 0.05) is 25.3 Å². The Morgan fingerprint density at radius 1 is 1.38 bits per heavy atom. The first kappa shape index (κ1) is 17.0. The lowest BCUT2D eigenvalue weighted by Crippen LogP contribution is -2.48. The average molecular weight is 294 g/mol. The van der Waals surface area contributed by atoms with Gasteiger partial charge in [0.2, 0.25) is 5.91 Å². The highest BCUT2D eigenvalue weighted by atomic mass is 16.2. The summed E-state index contributed by atoms with van der Waals surface area (Å²) in [6.45, 7) is 9.46. The fourth-order valence-electron chi connectivity index (χ4n) is 1.73. The molecule has 0 unspecified atom stereocenters. The second-order valence-corrected chi connectivity index (χ2v) is 5.93. The zero-order valence-electron chi connectivity index (χ0n) is 13.5. The quantitative estimate of drug-likeness (QED) is 0.538. The molecule has 118 valence electrons. The average Bonchev–Trinajstić information content (AvgIpc) is 2.77. The van der Waals surface area contributed by atoms with Crippen molar-refractivity contribution >= 4 is 11.9 Å². The number of amides is 1. The number of carbonyl (C=O) groups excluding carboxylic acids is 1. The van der Waals surface area contributed by atoms with Gasteiger partial charge in [0.1, 0.15) is 0 Å². The van der Waals surface area contributed by atoms with Gasteiger partial charge in [0.15, 0.2) is 5.96 Å². The van der Waals surface area contributed by atoms with Crippen LogP contribution in [-0.4, -0.2) is 47.3 Å². The maximum absolute atomic E-state index is 11.7. The Bertz CT molecular complexity index is 486. The third-order valence-electron chi connectivity index (χ3n) is 2.55. The van der Waals surface area contributed by atoms with Gasteiger partial charge in [0.05, 0.1) is 19.3 Å². The highest BCUT2D eigenvalue weighted by molar-refractivity contribution is 5.86. The van der Waals surface area contributed by atoms with E-state index in [1.807, 2.05) is 44.8 Å². The minimum absolute atomic E-state index is 0.0619. The molecule has 0 bridgehead atoms. The molecule has 1 rings (SSSR count). The fourth-order valence-corrected chi connectivity index (χ4v) is 1.73. The van der Waals surface area contributed by atoms with Crippen molar-refractivity contribution in [1.29, 1.82) is 0 Å². The number of nitrogens with zero attached hydrogens (tertiary/aromatic N) is 3. The van der Waals surface area contributed by atoms with Crippen LogP contribution in [0.1, 0.15) is 26.3 Å². The minimum Gasteiger partial charge on any atom is -0.355 e. The van der Waals surface area contributed by atoms with Crippen LogP contribution in [0.2, 0.25) is 0 Å². The molecule has 0 saturated carbocycles. The van der Waals surface area contributed by atoms with Crippen LogP contribution in [0.15, 0.2) is 17.4 Å². The summed E-state index contributed by atoms with van der Waals surface area (Å²) in [4.78, 5) is 15.8. The number of aromatic nitrogens is 2. The molecular weight excluding hydrogens is 268 g/mol. The minimum atomic E-state index is -0.229. The maximum atomic E-state index is 11.7. The van der Waals surface area contributed by atoms with Crippen LogP contribution in [0.25, 0.3) is 0 Å². The molecular formula is C14H26N6O. The van der Waals surface area contributed by atoms with Crippen molar-refractivity contribution in [3.8, 4) is 0 Å². The number of rotatable bonds is 5. The summed E-state index contributed by atoms with van der Waals surface area (Å²) in [6, 6.07) is 0. The third kappa shape index (κ3) is 7.34. The van der Waals surface area contributed by atoms with Crippen LogP contribution >= 0.6 is 0 Å². The molecule has 0 aliphatic rings. The molecule has 1 aromatic rings. The lowest BCUT2D eigenvalue weighted by Gasteiger charge is -2.21. The van der Waals surface area contributed by atoms with Crippen molar-refractivity contribution < 1.29 is 4.79 Å². The first-order valence-electron chi connectivity index (χ1n) is 7.05. The molecule has 7 heteroatoms. The van der Waals surface area contributed by atoms with Gasteiger partial charge in [-0.3, -0.25) is 14.5 Å². The summed E-state index contributed by atoms with van der Waals surface area (Å²) in [5.74, 6) is 0.538. The van der Waals surface area contributed by atoms with Crippen molar-refractivity contribution in [2.45, 2.75) is 39.8 Å². The molecule has 0 aliphatic heterocycles. The van der Waals surface area contributed by atoms with Gasteiger partial charge in [-0.2, -0.15) is 5.10 Å². The predicted molar refractivity (Wildman–Crippen MR) is 84.2 cm³/mol. The number of guanidine groups is 1. The summed E-state index contributed by atoms with van der Waals surface area (Å²) < 4.78 is 1.86. The highest BCUT2D eigenvalue weighted by Gasteiger charge is 2.13. The van der Waals surface area contributed by atoms with E-state index < -0.39 is 0 Å². The van der Waals surface area contributed by atoms with E-state index in [1.165, 1.54) is 0 Å². The van der Waals surface area contributed by atoms with E-state index in [1.54, 1.807) is 7.05 Å². The molecule has 0 atom stereocenters. The number of aryl methyl sites for hydroxylation is 1. The summed E-state index contributed by atoms with van der Waals surface area (Å²) in [5, 5.41) is 13.2. The van der Waals surface area contributed by atoms with E-state index in [2.05, 4.69) is 26.0 Å². The number of hydrogen-bond donors (Lipinski definition) is 3. The Balaban J connectivity index is 2.27. The molecule has 3 N–H and O–H groups in total. The number of aliphatic imine (C=N–C) groups is 1. The van der Waals surface area contributed by atoms with Gasteiger partial charge in [0.25, 0.3) is 0 Å². The molecule has 0 radical (unpaired) electrons. The fraction of sp³-hybridized carbons (Fsp3) is 0.643. The first-order chi connectivity index (χ1) is 9.80. The zero-order chi connectivity index (χ0) is 15.9. The Hall–Kier alpha value is -2.05. The van der Waals surface area contributed by atoms with E-state index in [0.29, 0.717) is 12.5 Å².